The van der Waals surface area contributed by atoms with Crippen molar-refractivity contribution >= 4 is 56.9 Å². The number of aromatic nitrogens is 2. The van der Waals surface area contributed by atoms with Gasteiger partial charge in [-0.3, -0.25) is 14.7 Å². The van der Waals surface area contributed by atoms with Gasteiger partial charge in [-0.05, 0) is 47.1 Å². The Kier molecular flexibility index (Phi) is 7.03. The highest BCUT2D eigenvalue weighted by molar-refractivity contribution is 9.10. The first-order chi connectivity index (χ1) is 16.4. The van der Waals surface area contributed by atoms with Gasteiger partial charge in [-0.25, -0.2) is 4.79 Å². The van der Waals surface area contributed by atoms with E-state index in [-0.39, 0.29) is 39.3 Å². The molecule has 12 heteroatoms. The molecule has 0 radical (unpaired) electrons. The third-order valence-corrected chi connectivity index (χ3v) is 6.02. The third-order valence-electron chi connectivity index (χ3n) is 4.96. The number of hydrogen-bond acceptors (Lipinski definition) is 6. The number of aromatic amines is 1. The molecule has 3 N–H and O–H groups in total. The summed E-state index contributed by atoms with van der Waals surface area (Å²) in [5.74, 6) is -0.243. The topological polar surface area (TPSA) is 126 Å². The quantitative estimate of drug-likeness (QED) is 0.443. The summed E-state index contributed by atoms with van der Waals surface area (Å²) in [5, 5.41) is 11.9. The van der Waals surface area contributed by atoms with Crippen LogP contribution in [0.2, 0.25) is 5.02 Å². The van der Waals surface area contributed by atoms with Crippen molar-refractivity contribution in [3.63, 3.8) is 0 Å². The summed E-state index contributed by atoms with van der Waals surface area (Å²) in [5.41, 5.74) is 0.890. The van der Waals surface area contributed by atoms with Crippen LogP contribution < -0.4 is 25.0 Å². The Morgan fingerprint density at radius 2 is 2.00 bits per heavy atom. The maximum Gasteiger partial charge on any atom is 0.414 e. The molecule has 3 aromatic rings. The number of ether oxygens (including phenoxy) is 2. The number of likely N-dealkylation sites (N-methyl/N-ethyl adjacent to an activating group) is 1. The van der Waals surface area contributed by atoms with Gasteiger partial charge in [0.1, 0.15) is 28.7 Å². The molecule has 10 nitrogen and oxygen atoms in total. The number of anilines is 2. The summed E-state index contributed by atoms with van der Waals surface area (Å²) in [6, 6.07) is 12.7. The van der Waals surface area contributed by atoms with Crippen LogP contribution in [0.15, 0.2) is 53.0 Å². The third kappa shape index (κ3) is 4.85. The van der Waals surface area contributed by atoms with Crippen molar-refractivity contribution in [1.29, 1.82) is 0 Å². The number of carbonyl (C=O) groups excluding carboxylic acids is 3. The van der Waals surface area contributed by atoms with E-state index in [4.69, 9.17) is 21.1 Å². The van der Waals surface area contributed by atoms with Crippen LogP contribution in [0, 0.1) is 0 Å². The highest BCUT2D eigenvalue weighted by Crippen LogP contribution is 2.32. The van der Waals surface area contributed by atoms with Gasteiger partial charge in [0, 0.05) is 6.54 Å². The van der Waals surface area contributed by atoms with Gasteiger partial charge in [-0.2, -0.15) is 0 Å². The Bertz CT molecular complexity index is 1250. The second-order valence-electron chi connectivity index (χ2n) is 7.10. The van der Waals surface area contributed by atoms with Gasteiger partial charge in [-0.1, -0.05) is 35.9 Å². The largest absolute Gasteiger partial charge is 0.489 e. The van der Waals surface area contributed by atoms with Crippen molar-refractivity contribution in [1.82, 2.24) is 15.5 Å². The summed E-state index contributed by atoms with van der Waals surface area (Å²) in [6.45, 7) is 2.16. The van der Waals surface area contributed by atoms with Crippen LogP contribution in [0.5, 0.6) is 11.6 Å². The number of hydrogen-bond donors (Lipinski definition) is 3. The van der Waals surface area contributed by atoms with Gasteiger partial charge in [0.15, 0.2) is 0 Å². The summed E-state index contributed by atoms with van der Waals surface area (Å²) >= 11 is 9.29. The second kappa shape index (κ2) is 10.1. The summed E-state index contributed by atoms with van der Waals surface area (Å²) in [7, 11) is 0. The number of rotatable bonds is 5. The molecule has 0 bridgehead atoms. The minimum atomic E-state index is -0.975. The van der Waals surface area contributed by atoms with Gasteiger partial charge in [-0.15, -0.1) is 5.10 Å². The fourth-order valence-electron chi connectivity index (χ4n) is 3.33. The molecular formula is C22H19BrClN5O5. The first-order valence-electron chi connectivity index (χ1n) is 10.2. The van der Waals surface area contributed by atoms with Crippen molar-refractivity contribution in [2.45, 2.75) is 13.0 Å². The molecule has 2 heterocycles. The van der Waals surface area contributed by atoms with Crippen LogP contribution in [-0.2, 0) is 4.79 Å². The number of benzene rings is 2. The standard InChI is InChI=1S/C22H19BrClN5O5/c1-2-29-15-9-5-6-10-16(15)33-11-14(21(29)31)25-22(32)34-20-17(23)18(27-28-20)26-19(30)12-7-3-4-8-13(12)24/h3-10,14H,2,11H2,1H3,(H,25,32)(H2,26,27,28,30)/t14-/m1/s1. The van der Waals surface area contributed by atoms with E-state index in [1.54, 1.807) is 48.5 Å². The van der Waals surface area contributed by atoms with E-state index in [0.717, 1.165) is 0 Å². The highest BCUT2D eigenvalue weighted by atomic mass is 79.9. The van der Waals surface area contributed by atoms with E-state index >= 15 is 0 Å². The van der Waals surface area contributed by atoms with E-state index in [2.05, 4.69) is 36.8 Å². The van der Waals surface area contributed by atoms with Crippen LogP contribution >= 0.6 is 27.5 Å². The molecule has 1 aromatic heterocycles. The van der Waals surface area contributed by atoms with E-state index in [1.165, 1.54) is 4.90 Å². The van der Waals surface area contributed by atoms with Crippen LogP contribution in [0.25, 0.3) is 0 Å². The molecule has 2 aromatic carbocycles. The van der Waals surface area contributed by atoms with Crippen molar-refractivity contribution in [2.75, 3.05) is 23.4 Å². The van der Waals surface area contributed by atoms with Crippen molar-refractivity contribution in [3.8, 4) is 11.6 Å². The van der Waals surface area contributed by atoms with Crippen molar-refractivity contribution in [2.24, 2.45) is 0 Å². The normalized spacial score (nSPS) is 15.1. The molecule has 176 valence electrons. The van der Waals surface area contributed by atoms with Crippen LogP contribution in [0.3, 0.4) is 0 Å². The summed E-state index contributed by atoms with van der Waals surface area (Å²) in [6.07, 6.45) is -0.917. The summed E-state index contributed by atoms with van der Waals surface area (Å²) < 4.78 is 11.2. The maximum atomic E-state index is 13.0. The lowest BCUT2D eigenvalue weighted by molar-refractivity contribution is -0.120. The molecular weight excluding hydrogens is 530 g/mol. The Morgan fingerprint density at radius 1 is 1.26 bits per heavy atom. The number of amides is 3. The van der Waals surface area contributed by atoms with Crippen LogP contribution in [0.1, 0.15) is 17.3 Å². The summed E-state index contributed by atoms with van der Waals surface area (Å²) in [4.78, 5) is 39.5. The van der Waals surface area contributed by atoms with Crippen LogP contribution in [-0.4, -0.2) is 47.3 Å². The van der Waals surface area contributed by atoms with E-state index in [9.17, 15) is 14.4 Å². The Hall–Kier alpha value is -3.57. The van der Waals surface area contributed by atoms with Gasteiger partial charge in [0.2, 0.25) is 0 Å². The number of nitrogens with zero attached hydrogens (tertiary/aromatic N) is 2. The first kappa shape index (κ1) is 23.6. The number of fused-ring (bicyclic) bond motifs is 1. The minimum absolute atomic E-state index is 0.0671. The molecule has 0 fully saturated rings. The van der Waals surface area contributed by atoms with Gasteiger partial charge >= 0.3 is 6.09 Å². The van der Waals surface area contributed by atoms with Gasteiger partial charge in [0.05, 0.1) is 16.3 Å². The second-order valence-corrected chi connectivity index (χ2v) is 8.30. The molecule has 4 rings (SSSR count). The molecule has 1 aliphatic rings. The van der Waals surface area contributed by atoms with E-state index in [0.29, 0.717) is 18.0 Å². The molecule has 34 heavy (non-hydrogen) atoms. The SMILES string of the molecule is CCN1C(=O)[C@H](NC(=O)Oc2n[nH]c(NC(=O)c3ccccc3Cl)c2Br)COc2ccccc21. The average Bonchev–Trinajstić information content (AvgIpc) is 3.09. The smallest absolute Gasteiger partial charge is 0.414 e. The molecule has 0 spiro atoms. The molecule has 0 aliphatic carbocycles. The number of para-hydroxylation sites is 2. The van der Waals surface area contributed by atoms with Crippen LogP contribution in [0.4, 0.5) is 16.3 Å². The Balaban J connectivity index is 1.42. The Labute approximate surface area is 207 Å². The minimum Gasteiger partial charge on any atom is -0.489 e. The maximum absolute atomic E-state index is 13.0. The fourth-order valence-corrected chi connectivity index (χ4v) is 3.91. The zero-order chi connectivity index (χ0) is 24.2. The molecule has 3 amide bonds. The molecule has 0 saturated heterocycles. The lowest BCUT2D eigenvalue weighted by Crippen LogP contribution is -2.51. The van der Waals surface area contributed by atoms with Crippen molar-refractivity contribution in [3.05, 3.63) is 63.6 Å². The molecule has 0 saturated carbocycles. The number of halogens is 2. The molecule has 0 unspecified atom stereocenters. The van der Waals surface area contributed by atoms with Gasteiger partial charge in [0.25, 0.3) is 17.7 Å². The van der Waals surface area contributed by atoms with E-state index in [1.807, 2.05) is 6.92 Å². The predicted octanol–water partition coefficient (Wildman–Crippen LogP) is 3.98. The van der Waals surface area contributed by atoms with Crippen molar-refractivity contribution < 1.29 is 23.9 Å². The number of nitrogens with one attached hydrogen (secondary N) is 3. The zero-order valence-corrected chi connectivity index (χ0v) is 20.1. The lowest BCUT2D eigenvalue weighted by Gasteiger charge is -2.22. The Morgan fingerprint density at radius 3 is 2.76 bits per heavy atom. The average molecular weight is 549 g/mol. The number of carbonyl (C=O) groups is 3. The fraction of sp³-hybridized carbons (Fsp3) is 0.182. The first-order valence-corrected chi connectivity index (χ1v) is 11.4. The number of H-pyrrole nitrogens is 1. The molecule has 1 atom stereocenters. The lowest BCUT2D eigenvalue weighted by atomic mass is 10.2. The predicted molar refractivity (Wildman–Crippen MR) is 129 cm³/mol. The molecule has 1 aliphatic heterocycles. The van der Waals surface area contributed by atoms with Gasteiger partial charge < -0.3 is 25.0 Å². The van der Waals surface area contributed by atoms with E-state index < -0.39 is 18.0 Å². The zero-order valence-electron chi connectivity index (χ0n) is 17.8. The monoisotopic (exact) mass is 547 g/mol. The highest BCUT2D eigenvalue weighted by Gasteiger charge is 2.32.